The SMILES string of the molecule is CC1(C)CCCC(Nc2nc(Cl)ncc2[N+](=O)[O-])C1. The lowest BCUT2D eigenvalue weighted by Crippen LogP contribution is -2.32. The van der Waals surface area contributed by atoms with Crippen molar-refractivity contribution in [2.24, 2.45) is 5.41 Å². The molecule has 0 radical (unpaired) electrons. The molecule has 6 nitrogen and oxygen atoms in total. The van der Waals surface area contributed by atoms with Gasteiger partial charge in [-0.25, -0.2) is 4.98 Å². The second-order valence-electron chi connectivity index (χ2n) is 5.73. The van der Waals surface area contributed by atoms with Gasteiger partial charge in [0.15, 0.2) is 0 Å². The van der Waals surface area contributed by atoms with E-state index in [2.05, 4.69) is 29.1 Å². The van der Waals surface area contributed by atoms with Crippen LogP contribution in [0.25, 0.3) is 0 Å². The highest BCUT2D eigenvalue weighted by Crippen LogP contribution is 2.37. The Bertz CT molecular complexity index is 493. The number of nitrogens with one attached hydrogen (secondary N) is 1. The van der Waals surface area contributed by atoms with Gasteiger partial charge in [0, 0.05) is 6.04 Å². The molecule has 1 aliphatic carbocycles. The third kappa shape index (κ3) is 3.53. The van der Waals surface area contributed by atoms with Crippen LogP contribution in [0.5, 0.6) is 0 Å². The molecule has 1 aromatic heterocycles. The molecule has 0 bridgehead atoms. The van der Waals surface area contributed by atoms with E-state index in [9.17, 15) is 10.1 Å². The smallest absolute Gasteiger partial charge is 0.329 e. The van der Waals surface area contributed by atoms with Gasteiger partial charge in [0.1, 0.15) is 6.20 Å². The quantitative estimate of drug-likeness (QED) is 0.522. The molecule has 1 unspecified atom stereocenters. The third-order valence-electron chi connectivity index (χ3n) is 3.48. The standard InChI is InChI=1S/C12H17ClN4O2/c1-12(2)5-3-4-8(6-12)15-10-9(17(18)19)7-14-11(13)16-10/h7-8H,3-6H2,1-2H3,(H,14,15,16). The molecule has 0 aromatic carbocycles. The van der Waals surface area contributed by atoms with Crippen molar-refractivity contribution in [1.82, 2.24) is 9.97 Å². The molecule has 1 fully saturated rings. The van der Waals surface area contributed by atoms with Crippen molar-refractivity contribution in [3.8, 4) is 0 Å². The van der Waals surface area contributed by atoms with E-state index < -0.39 is 4.92 Å². The van der Waals surface area contributed by atoms with Crippen LogP contribution >= 0.6 is 11.6 Å². The molecule has 0 saturated heterocycles. The fourth-order valence-corrected chi connectivity index (χ4v) is 2.74. The fourth-order valence-electron chi connectivity index (χ4n) is 2.61. The van der Waals surface area contributed by atoms with Crippen molar-refractivity contribution in [3.63, 3.8) is 0 Å². The maximum Gasteiger partial charge on any atom is 0.329 e. The van der Waals surface area contributed by atoms with E-state index in [0.29, 0.717) is 0 Å². The van der Waals surface area contributed by atoms with E-state index in [4.69, 9.17) is 11.6 Å². The first-order valence-corrected chi connectivity index (χ1v) is 6.69. The summed E-state index contributed by atoms with van der Waals surface area (Å²) in [5.74, 6) is 0.215. The second kappa shape index (κ2) is 5.28. The lowest BCUT2D eigenvalue weighted by atomic mass is 9.75. The Labute approximate surface area is 116 Å². The first-order valence-electron chi connectivity index (χ1n) is 6.31. The molecule has 1 heterocycles. The Morgan fingerprint density at radius 1 is 1.58 bits per heavy atom. The summed E-state index contributed by atoms with van der Waals surface area (Å²) in [5.41, 5.74) is 0.120. The van der Waals surface area contributed by atoms with Crippen LogP contribution in [0, 0.1) is 15.5 Å². The molecule has 1 N–H and O–H groups in total. The summed E-state index contributed by atoms with van der Waals surface area (Å²) < 4.78 is 0. The molecular formula is C12H17ClN4O2. The van der Waals surface area contributed by atoms with Crippen LogP contribution in [0.1, 0.15) is 39.5 Å². The van der Waals surface area contributed by atoms with Crippen molar-refractivity contribution in [1.29, 1.82) is 0 Å². The van der Waals surface area contributed by atoms with Crippen molar-refractivity contribution >= 4 is 23.1 Å². The predicted molar refractivity (Wildman–Crippen MR) is 73.4 cm³/mol. The Morgan fingerprint density at radius 3 is 2.95 bits per heavy atom. The van der Waals surface area contributed by atoms with Crippen LogP contribution < -0.4 is 5.32 Å². The minimum absolute atomic E-state index is 0.0168. The summed E-state index contributed by atoms with van der Waals surface area (Å²) in [6.07, 6.45) is 5.38. The van der Waals surface area contributed by atoms with Gasteiger partial charge < -0.3 is 5.32 Å². The van der Waals surface area contributed by atoms with Gasteiger partial charge in [-0.1, -0.05) is 20.3 Å². The van der Waals surface area contributed by atoms with Crippen LogP contribution in [0.4, 0.5) is 11.5 Å². The van der Waals surface area contributed by atoms with Crippen LogP contribution in [0.3, 0.4) is 0 Å². The molecule has 0 amide bonds. The molecule has 1 aliphatic rings. The Balaban J connectivity index is 2.18. The zero-order chi connectivity index (χ0) is 14.0. The van der Waals surface area contributed by atoms with Crippen LogP contribution in [0.2, 0.25) is 5.28 Å². The van der Waals surface area contributed by atoms with Crippen molar-refractivity contribution in [3.05, 3.63) is 21.6 Å². The number of anilines is 1. The van der Waals surface area contributed by atoms with E-state index in [1.165, 1.54) is 6.42 Å². The number of rotatable bonds is 3. The lowest BCUT2D eigenvalue weighted by Gasteiger charge is -2.35. The number of hydrogen-bond acceptors (Lipinski definition) is 5. The summed E-state index contributed by atoms with van der Waals surface area (Å²) in [4.78, 5) is 18.0. The Hall–Kier alpha value is -1.43. The minimum Gasteiger partial charge on any atom is -0.361 e. The number of aromatic nitrogens is 2. The molecule has 2 rings (SSSR count). The molecule has 7 heteroatoms. The summed E-state index contributed by atoms with van der Waals surface area (Å²) in [7, 11) is 0. The molecule has 0 spiro atoms. The van der Waals surface area contributed by atoms with Gasteiger partial charge in [0.25, 0.3) is 0 Å². The van der Waals surface area contributed by atoms with Gasteiger partial charge in [-0.2, -0.15) is 4.98 Å². The zero-order valence-electron chi connectivity index (χ0n) is 11.0. The zero-order valence-corrected chi connectivity index (χ0v) is 11.8. The minimum atomic E-state index is -0.493. The third-order valence-corrected chi connectivity index (χ3v) is 3.66. The highest BCUT2D eigenvalue weighted by molar-refractivity contribution is 6.28. The van der Waals surface area contributed by atoms with Gasteiger partial charge in [0.2, 0.25) is 11.1 Å². The van der Waals surface area contributed by atoms with Crippen molar-refractivity contribution in [2.45, 2.75) is 45.6 Å². The van der Waals surface area contributed by atoms with E-state index in [-0.39, 0.29) is 28.2 Å². The molecule has 1 atom stereocenters. The van der Waals surface area contributed by atoms with E-state index >= 15 is 0 Å². The van der Waals surface area contributed by atoms with Crippen LogP contribution in [-0.2, 0) is 0 Å². The predicted octanol–water partition coefficient (Wildman–Crippen LogP) is 3.42. The van der Waals surface area contributed by atoms with Gasteiger partial charge in [-0.3, -0.25) is 10.1 Å². The van der Waals surface area contributed by atoms with E-state index in [0.717, 1.165) is 25.5 Å². The number of halogens is 1. The van der Waals surface area contributed by atoms with E-state index in [1.807, 2.05) is 0 Å². The van der Waals surface area contributed by atoms with Gasteiger partial charge in [-0.05, 0) is 36.3 Å². The first-order chi connectivity index (χ1) is 8.87. The molecule has 1 aromatic rings. The lowest BCUT2D eigenvalue weighted by molar-refractivity contribution is -0.384. The highest BCUT2D eigenvalue weighted by Gasteiger charge is 2.29. The summed E-state index contributed by atoms with van der Waals surface area (Å²) >= 11 is 5.71. The monoisotopic (exact) mass is 284 g/mol. The molecule has 0 aliphatic heterocycles. The first kappa shape index (κ1) is 14.0. The molecular weight excluding hydrogens is 268 g/mol. The van der Waals surface area contributed by atoms with Crippen LogP contribution in [-0.4, -0.2) is 20.9 Å². The van der Waals surface area contributed by atoms with Gasteiger partial charge in [0.05, 0.1) is 4.92 Å². The van der Waals surface area contributed by atoms with E-state index in [1.54, 1.807) is 0 Å². The van der Waals surface area contributed by atoms with Crippen molar-refractivity contribution in [2.75, 3.05) is 5.32 Å². The molecule has 1 saturated carbocycles. The summed E-state index contributed by atoms with van der Waals surface area (Å²) in [6.45, 7) is 4.42. The van der Waals surface area contributed by atoms with Gasteiger partial charge >= 0.3 is 5.69 Å². The number of hydrogen-bond donors (Lipinski definition) is 1. The summed E-state index contributed by atoms with van der Waals surface area (Å²) in [6, 6.07) is 0.188. The summed E-state index contributed by atoms with van der Waals surface area (Å²) in [5, 5.41) is 14.1. The topological polar surface area (TPSA) is 81.0 Å². The highest BCUT2D eigenvalue weighted by atomic mass is 35.5. The van der Waals surface area contributed by atoms with Gasteiger partial charge in [-0.15, -0.1) is 0 Å². The number of nitro groups is 1. The Kier molecular flexibility index (Phi) is 3.89. The maximum absolute atomic E-state index is 10.9. The largest absolute Gasteiger partial charge is 0.361 e. The fraction of sp³-hybridized carbons (Fsp3) is 0.667. The average molecular weight is 285 g/mol. The molecule has 19 heavy (non-hydrogen) atoms. The normalized spacial score (nSPS) is 21.9. The van der Waals surface area contributed by atoms with Crippen LogP contribution in [0.15, 0.2) is 6.20 Å². The second-order valence-corrected chi connectivity index (χ2v) is 6.07. The average Bonchev–Trinajstić information content (AvgIpc) is 2.27. The number of nitrogens with zero attached hydrogens (tertiary/aromatic N) is 3. The maximum atomic E-state index is 10.9. The Morgan fingerprint density at radius 2 is 2.32 bits per heavy atom. The molecule has 104 valence electrons. The van der Waals surface area contributed by atoms with Crippen molar-refractivity contribution < 1.29 is 4.92 Å².